The summed E-state index contributed by atoms with van der Waals surface area (Å²) in [6, 6.07) is -4.63. The van der Waals surface area contributed by atoms with Gasteiger partial charge in [0, 0.05) is 67.5 Å². The van der Waals surface area contributed by atoms with E-state index < -0.39 is 182 Å². The molecule has 2 aromatic heterocycles. The van der Waals surface area contributed by atoms with E-state index in [2.05, 4.69) is 89.4 Å². The summed E-state index contributed by atoms with van der Waals surface area (Å²) in [7, 11) is 3.24. The molecular weight excluding hydrogens is 1440 g/mol. The Morgan fingerprint density at radius 1 is 0.579 bits per heavy atom. The Morgan fingerprint density at radius 3 is 1.81 bits per heavy atom. The summed E-state index contributed by atoms with van der Waals surface area (Å²) in [5.41, 5.74) is 12.7. The molecule has 16 amide bonds. The number of benzene rings is 1. The maximum atomic E-state index is 14.3. The molecule has 9 atom stereocenters. The van der Waals surface area contributed by atoms with E-state index in [0.29, 0.717) is 27.9 Å². The van der Waals surface area contributed by atoms with E-state index >= 15 is 0 Å². The van der Waals surface area contributed by atoms with Crippen LogP contribution in [-0.4, -0.2) is 277 Å². The van der Waals surface area contributed by atoms with Crippen molar-refractivity contribution in [2.75, 3.05) is 103 Å². The van der Waals surface area contributed by atoms with Crippen molar-refractivity contribution in [3.8, 4) is 0 Å². The number of nitrogens with two attached hydrogens (primary N) is 2. The number of carbonyl (C=O) groups excluding carboxylic acids is 16. The summed E-state index contributed by atoms with van der Waals surface area (Å²) in [6.07, 6.45) is 5.66. The number of H-pyrrole nitrogens is 2. The number of para-hydroxylation sites is 1. The fourth-order valence-electron chi connectivity index (χ4n) is 9.85. The first kappa shape index (κ1) is 91.2. The third kappa shape index (κ3) is 36.3. The summed E-state index contributed by atoms with van der Waals surface area (Å²) in [5.74, 6) is -12.3. The van der Waals surface area contributed by atoms with E-state index in [1.54, 1.807) is 58.4 Å². The van der Waals surface area contributed by atoms with Crippen LogP contribution in [0.25, 0.3) is 10.9 Å². The van der Waals surface area contributed by atoms with Crippen LogP contribution in [0.2, 0.25) is 0 Å². The van der Waals surface area contributed by atoms with Gasteiger partial charge in [0.1, 0.15) is 61.0 Å². The molecule has 0 saturated heterocycles. The van der Waals surface area contributed by atoms with Gasteiger partial charge in [-0.2, -0.15) is 11.8 Å². The highest BCUT2D eigenvalue weighted by Crippen LogP contribution is 2.20. The molecule has 0 radical (unpaired) electrons. The highest BCUT2D eigenvalue weighted by atomic mass is 32.2. The lowest BCUT2D eigenvalue weighted by Crippen LogP contribution is -2.59. The zero-order chi connectivity index (χ0) is 79.7. The Labute approximate surface area is 627 Å². The van der Waals surface area contributed by atoms with Gasteiger partial charge in [-0.3, -0.25) is 76.7 Å². The number of imidazole rings is 1. The normalized spacial score (nSPS) is 13.7. The van der Waals surface area contributed by atoms with E-state index in [1.165, 1.54) is 43.0 Å². The predicted molar refractivity (Wildman–Crippen MR) is 393 cm³/mol. The molecule has 3 aromatic rings. The molecule has 21 N–H and O–H groups in total. The number of hydrogen-bond donors (Lipinski definition) is 19. The summed E-state index contributed by atoms with van der Waals surface area (Å²) in [5, 5.41) is 45.6. The Balaban J connectivity index is 1.58. The van der Waals surface area contributed by atoms with Gasteiger partial charge >= 0.3 is 0 Å². The number of aliphatic hydroxyl groups excluding tert-OH is 1. The Bertz CT molecular complexity index is 3470. The van der Waals surface area contributed by atoms with Gasteiger partial charge in [0.2, 0.25) is 94.5 Å². The van der Waals surface area contributed by atoms with Crippen molar-refractivity contribution < 1.29 is 91.3 Å². The van der Waals surface area contributed by atoms with Gasteiger partial charge in [0.25, 0.3) is 0 Å². The van der Waals surface area contributed by atoms with Crippen LogP contribution in [0.1, 0.15) is 78.5 Å². The van der Waals surface area contributed by atoms with E-state index in [-0.39, 0.29) is 94.9 Å². The zero-order valence-electron chi connectivity index (χ0n) is 61.5. The number of nitrogens with zero attached hydrogens (tertiary/aromatic N) is 2. The first-order valence-electron chi connectivity index (χ1n) is 34.3. The molecule has 0 aliphatic heterocycles. The van der Waals surface area contributed by atoms with Gasteiger partial charge in [0.15, 0.2) is 0 Å². The van der Waals surface area contributed by atoms with E-state index in [9.17, 15) is 81.8 Å². The van der Waals surface area contributed by atoms with Crippen molar-refractivity contribution >= 4 is 129 Å². The molecule has 39 nitrogen and oxygen atoms in total. The highest BCUT2D eigenvalue weighted by Gasteiger charge is 2.35. The minimum absolute atomic E-state index is 0.0339. The van der Waals surface area contributed by atoms with Gasteiger partial charge in [-0.25, -0.2) is 4.98 Å². The third-order valence-corrected chi connectivity index (χ3v) is 17.0. The maximum absolute atomic E-state index is 14.3. The molecule has 0 aliphatic rings. The molecule has 594 valence electrons. The van der Waals surface area contributed by atoms with Crippen molar-refractivity contribution in [1.82, 2.24) is 94.3 Å². The van der Waals surface area contributed by atoms with Crippen LogP contribution in [0.15, 0.2) is 43.0 Å². The second kappa shape index (κ2) is 49.0. The average Bonchev–Trinajstić information content (AvgIpc) is 1.57. The van der Waals surface area contributed by atoms with Crippen molar-refractivity contribution in [3.05, 3.63) is 54.2 Å². The number of aliphatic hydroxyl groups is 1. The lowest BCUT2D eigenvalue weighted by molar-refractivity contribution is -0.135. The molecule has 0 spiro atoms. The predicted octanol–water partition coefficient (Wildman–Crippen LogP) is -6.86. The number of hydrogen-bond acceptors (Lipinski definition) is 23. The summed E-state index contributed by atoms with van der Waals surface area (Å²) < 4.78 is 10.9. The van der Waals surface area contributed by atoms with E-state index in [0.717, 1.165) is 11.8 Å². The third-order valence-electron chi connectivity index (χ3n) is 15.4. The topological polar surface area (TPSA) is 580 Å². The second-order valence-electron chi connectivity index (χ2n) is 25.6. The zero-order valence-corrected chi connectivity index (χ0v) is 63.1. The fourth-order valence-corrected chi connectivity index (χ4v) is 11.2. The lowest BCUT2D eigenvalue weighted by atomic mass is 10.0. The number of aromatic amines is 2. The first-order valence-corrected chi connectivity index (χ1v) is 36.9. The van der Waals surface area contributed by atoms with Gasteiger partial charge in [0.05, 0.1) is 64.8 Å². The quantitative estimate of drug-likeness (QED) is 0.0184. The van der Waals surface area contributed by atoms with Crippen LogP contribution in [0, 0.1) is 11.8 Å². The minimum atomic E-state index is -1.46. The van der Waals surface area contributed by atoms with Crippen molar-refractivity contribution in [2.45, 2.75) is 134 Å². The molecule has 0 saturated carbocycles. The molecule has 1 aromatic carbocycles. The molecule has 0 aliphatic carbocycles. The van der Waals surface area contributed by atoms with E-state index in [4.69, 9.17) is 20.9 Å². The number of likely N-dealkylation sites (N-methyl/N-ethyl adjacent to an activating group) is 1. The van der Waals surface area contributed by atoms with Gasteiger partial charge < -0.3 is 115 Å². The number of primary amides is 2. The van der Waals surface area contributed by atoms with E-state index in [1.807, 2.05) is 20.1 Å². The number of aromatic nitrogens is 3. The van der Waals surface area contributed by atoms with Crippen molar-refractivity contribution in [3.63, 3.8) is 0 Å². The van der Waals surface area contributed by atoms with Crippen LogP contribution >= 0.6 is 23.5 Å². The van der Waals surface area contributed by atoms with Crippen LogP contribution in [-0.2, 0) is 99.0 Å². The average molecular weight is 1550 g/mol. The summed E-state index contributed by atoms with van der Waals surface area (Å²) >= 11 is 2.51. The smallest absolute Gasteiger partial charge is 0.246 e. The van der Waals surface area contributed by atoms with Crippen molar-refractivity contribution in [1.29, 1.82) is 0 Å². The molecule has 0 fully saturated rings. The maximum Gasteiger partial charge on any atom is 0.246 e. The number of thioether (sulfide) groups is 2. The fraction of sp³-hybridized carbons (Fsp3) is 0.591. The summed E-state index contributed by atoms with van der Waals surface area (Å²) in [6.45, 7) is 5.87. The standard InChI is InChI=1S/C66H104N20O19S2/c1-36(2)22-46(63(100)81-44(58(68)95)16-21-106-9)82-64(101)48(24-41-26-69-34-75-41)79-54(92)29-74-66(103)57(37(3)4)85-59(96)38(5)77-62(99)47(23-40-25-71-43-13-11-10-12-42(40)43)83-61(98)45(14-15-51(67)89)78-56(94)32-105-20-19-104-18-17-70-52(90)27-72-53(91)28-73-60(97)50(33-107-35-76-39(6)88)84-65(102)49(31-87)80-55(93)30-86(7)8/h10-13,25-26,34,36-38,44-50,57,71,87H,14-24,27-33,35H2,1-9H3,(H2,67,89)(H2,68,95)(H,69,75)(H,70,90)(H,72,91)(H,73,97)(H,74,103)(H,76,88)(H,77,99)(H,78,94)(H,79,92)(H,80,93)(H,81,100)(H,82,101)(H,83,98)(H,84,102)(H,85,96)/t38-,44-,45-,46-,47-,48-,49-,50-,57-/m0/s1. The minimum Gasteiger partial charge on any atom is -0.394 e. The molecule has 2 heterocycles. The molecule has 107 heavy (non-hydrogen) atoms. The second-order valence-corrected chi connectivity index (χ2v) is 27.6. The number of carbonyl (C=O) groups is 16. The van der Waals surface area contributed by atoms with Crippen LogP contribution < -0.4 is 85.9 Å². The van der Waals surface area contributed by atoms with Gasteiger partial charge in [-0.15, -0.1) is 11.8 Å². The summed E-state index contributed by atoms with van der Waals surface area (Å²) in [4.78, 5) is 221. The Morgan fingerprint density at radius 2 is 1.17 bits per heavy atom. The monoisotopic (exact) mass is 1540 g/mol. The van der Waals surface area contributed by atoms with Crippen LogP contribution in [0.3, 0.4) is 0 Å². The van der Waals surface area contributed by atoms with Gasteiger partial charge in [-0.05, 0) is 75.8 Å². The number of ether oxygens (including phenoxy) is 2. The number of nitrogens with one attached hydrogen (secondary N) is 16. The lowest BCUT2D eigenvalue weighted by Gasteiger charge is -2.26. The Hall–Kier alpha value is -9.97. The molecule has 0 bridgehead atoms. The first-order chi connectivity index (χ1) is 50.7. The van der Waals surface area contributed by atoms with Crippen LogP contribution in [0.5, 0.6) is 0 Å². The number of rotatable bonds is 52. The number of fused-ring (bicyclic) bond motifs is 1. The molecule has 0 unspecified atom stereocenters. The van der Waals surface area contributed by atoms with Crippen molar-refractivity contribution in [2.24, 2.45) is 23.3 Å². The van der Waals surface area contributed by atoms with Gasteiger partial charge in [-0.1, -0.05) is 45.9 Å². The molecule has 41 heteroatoms. The SMILES string of the molecule is CSCC[C@H](NC(=O)[C@H](CC(C)C)NC(=O)[C@H](Cc1cnc[nH]1)NC(=O)CNC(=O)[C@@H](NC(=O)[C@H](C)NC(=O)[C@H](Cc1c[nH]c2ccccc12)NC(=O)[C@H](CCC(N)=O)NC(=O)COCCOCCNC(=O)CNC(=O)CNC(=O)[C@H](CSCNC(C)=O)NC(=O)[C@H](CO)NC(=O)CN(C)C)C(C)C)C(N)=O. The van der Waals surface area contributed by atoms with Crippen LogP contribution in [0.4, 0.5) is 0 Å². The molecular formula is C66H104N20O19S2. The number of amides is 16. The molecule has 3 rings (SSSR count). The Kier molecular flexibility index (Phi) is 41.8. The highest BCUT2D eigenvalue weighted by molar-refractivity contribution is 7.99. The largest absolute Gasteiger partial charge is 0.394 e.